The van der Waals surface area contributed by atoms with Crippen LogP contribution in [-0.2, 0) is 0 Å². The molecule has 0 saturated heterocycles. The molecule has 2 aliphatic carbocycles. The van der Waals surface area contributed by atoms with Gasteiger partial charge in [-0.15, -0.1) is 0 Å². The van der Waals surface area contributed by atoms with Gasteiger partial charge < -0.3 is 5.11 Å². The average molecular weight is 252 g/mol. The normalized spacial score (nSPS) is 41.3. The molecule has 0 amide bonds. The molecular weight excluding hydrogens is 220 g/mol. The van der Waals surface area contributed by atoms with Gasteiger partial charge in [-0.05, 0) is 49.4 Å². The molecule has 3 atom stereocenters. The van der Waals surface area contributed by atoms with Gasteiger partial charge in [0.05, 0.1) is 5.60 Å². The largest absolute Gasteiger partial charge is 0.390 e. The SMILES string of the molecule is CCC1CCCCC1C1(O)CCCC(C)(C)CC1. The Hall–Kier alpha value is -0.0400. The molecule has 106 valence electrons. The number of hydrogen-bond acceptors (Lipinski definition) is 1. The van der Waals surface area contributed by atoms with Gasteiger partial charge in [0.2, 0.25) is 0 Å². The molecule has 0 aromatic heterocycles. The summed E-state index contributed by atoms with van der Waals surface area (Å²) in [5.41, 5.74) is 0.107. The lowest BCUT2D eigenvalue weighted by Gasteiger charge is -2.43. The Kier molecular flexibility index (Phi) is 4.41. The first-order chi connectivity index (χ1) is 8.47. The molecule has 0 bridgehead atoms. The predicted octanol–water partition coefficient (Wildman–Crippen LogP) is 4.92. The van der Waals surface area contributed by atoms with E-state index in [-0.39, 0.29) is 5.60 Å². The fourth-order valence-electron chi connectivity index (χ4n) is 4.45. The van der Waals surface area contributed by atoms with Gasteiger partial charge in [0.25, 0.3) is 0 Å². The van der Waals surface area contributed by atoms with Crippen molar-refractivity contribution in [3.05, 3.63) is 0 Å². The molecule has 0 spiro atoms. The van der Waals surface area contributed by atoms with E-state index in [9.17, 15) is 5.11 Å². The lowest BCUT2D eigenvalue weighted by Crippen LogP contribution is -2.43. The van der Waals surface area contributed by atoms with Crippen molar-refractivity contribution in [3.63, 3.8) is 0 Å². The maximum atomic E-state index is 11.2. The summed E-state index contributed by atoms with van der Waals surface area (Å²) in [7, 11) is 0. The van der Waals surface area contributed by atoms with Crippen molar-refractivity contribution in [2.75, 3.05) is 0 Å². The summed E-state index contributed by atoms with van der Waals surface area (Å²) < 4.78 is 0. The lowest BCUT2D eigenvalue weighted by atomic mass is 9.66. The Bertz CT molecular complexity index is 271. The van der Waals surface area contributed by atoms with E-state index in [2.05, 4.69) is 20.8 Å². The zero-order chi connectivity index (χ0) is 13.2. The van der Waals surface area contributed by atoms with Gasteiger partial charge >= 0.3 is 0 Å². The van der Waals surface area contributed by atoms with Crippen LogP contribution in [0, 0.1) is 17.3 Å². The molecule has 1 N–H and O–H groups in total. The molecule has 2 saturated carbocycles. The maximum absolute atomic E-state index is 11.2. The van der Waals surface area contributed by atoms with Gasteiger partial charge in [-0.3, -0.25) is 0 Å². The highest BCUT2D eigenvalue weighted by Crippen LogP contribution is 2.47. The van der Waals surface area contributed by atoms with E-state index in [1.165, 1.54) is 51.4 Å². The molecule has 2 aliphatic rings. The minimum Gasteiger partial charge on any atom is -0.390 e. The molecule has 2 fully saturated rings. The summed E-state index contributed by atoms with van der Waals surface area (Å²) in [5, 5.41) is 11.2. The molecule has 0 heterocycles. The van der Waals surface area contributed by atoms with Crippen LogP contribution in [0.5, 0.6) is 0 Å². The summed E-state index contributed by atoms with van der Waals surface area (Å²) in [6.07, 6.45) is 12.4. The van der Waals surface area contributed by atoms with E-state index in [1.54, 1.807) is 0 Å². The molecule has 1 nitrogen and oxygen atoms in total. The first-order valence-corrected chi connectivity index (χ1v) is 8.19. The van der Waals surface area contributed by atoms with E-state index in [1.807, 2.05) is 0 Å². The molecule has 0 radical (unpaired) electrons. The molecule has 2 rings (SSSR count). The quantitative estimate of drug-likeness (QED) is 0.691. The third kappa shape index (κ3) is 3.10. The topological polar surface area (TPSA) is 20.2 Å². The van der Waals surface area contributed by atoms with Crippen molar-refractivity contribution in [2.45, 2.75) is 90.6 Å². The molecule has 0 aliphatic heterocycles. The summed E-state index contributed by atoms with van der Waals surface area (Å²) >= 11 is 0. The molecule has 0 aromatic carbocycles. The first-order valence-electron chi connectivity index (χ1n) is 8.19. The van der Waals surface area contributed by atoms with Crippen LogP contribution in [-0.4, -0.2) is 10.7 Å². The van der Waals surface area contributed by atoms with Gasteiger partial charge in [-0.1, -0.05) is 52.9 Å². The Morgan fingerprint density at radius 3 is 2.39 bits per heavy atom. The van der Waals surface area contributed by atoms with E-state index in [0.29, 0.717) is 11.3 Å². The molecule has 0 aromatic rings. The highest BCUT2D eigenvalue weighted by atomic mass is 16.3. The molecule has 3 unspecified atom stereocenters. The summed E-state index contributed by atoms with van der Waals surface area (Å²) in [6, 6.07) is 0. The molecule has 18 heavy (non-hydrogen) atoms. The number of hydrogen-bond donors (Lipinski definition) is 1. The van der Waals surface area contributed by atoms with Crippen molar-refractivity contribution in [1.29, 1.82) is 0 Å². The Balaban J connectivity index is 2.09. The first kappa shape index (κ1) is 14.4. The Morgan fingerprint density at radius 2 is 1.67 bits per heavy atom. The Morgan fingerprint density at radius 1 is 0.944 bits per heavy atom. The molecule has 1 heteroatoms. The van der Waals surface area contributed by atoms with Crippen molar-refractivity contribution in [1.82, 2.24) is 0 Å². The zero-order valence-corrected chi connectivity index (χ0v) is 12.7. The monoisotopic (exact) mass is 252 g/mol. The van der Waals surface area contributed by atoms with E-state index in [4.69, 9.17) is 0 Å². The van der Waals surface area contributed by atoms with Crippen molar-refractivity contribution in [2.24, 2.45) is 17.3 Å². The van der Waals surface area contributed by atoms with Crippen molar-refractivity contribution >= 4 is 0 Å². The van der Waals surface area contributed by atoms with Crippen LogP contribution >= 0.6 is 0 Å². The Labute approximate surface area is 113 Å². The highest BCUT2D eigenvalue weighted by molar-refractivity contribution is 4.95. The van der Waals surface area contributed by atoms with Crippen LogP contribution in [0.1, 0.15) is 85.0 Å². The predicted molar refractivity (Wildman–Crippen MR) is 77.6 cm³/mol. The van der Waals surface area contributed by atoms with Gasteiger partial charge in [-0.25, -0.2) is 0 Å². The fraction of sp³-hybridized carbons (Fsp3) is 1.00. The average Bonchev–Trinajstić information content (AvgIpc) is 2.49. The minimum atomic E-state index is -0.338. The van der Waals surface area contributed by atoms with Crippen LogP contribution in [0.4, 0.5) is 0 Å². The van der Waals surface area contributed by atoms with Gasteiger partial charge in [0, 0.05) is 0 Å². The third-order valence-electron chi connectivity index (χ3n) is 5.82. The van der Waals surface area contributed by atoms with E-state index >= 15 is 0 Å². The van der Waals surface area contributed by atoms with Gasteiger partial charge in [-0.2, -0.15) is 0 Å². The summed E-state index contributed by atoms with van der Waals surface area (Å²) in [4.78, 5) is 0. The van der Waals surface area contributed by atoms with Crippen molar-refractivity contribution < 1.29 is 5.11 Å². The maximum Gasteiger partial charge on any atom is 0.0678 e. The smallest absolute Gasteiger partial charge is 0.0678 e. The number of rotatable bonds is 2. The third-order valence-corrected chi connectivity index (χ3v) is 5.82. The van der Waals surface area contributed by atoms with Crippen LogP contribution < -0.4 is 0 Å². The van der Waals surface area contributed by atoms with Crippen LogP contribution in [0.25, 0.3) is 0 Å². The lowest BCUT2D eigenvalue weighted by molar-refractivity contribution is -0.0705. The van der Waals surface area contributed by atoms with Gasteiger partial charge in [0.15, 0.2) is 0 Å². The van der Waals surface area contributed by atoms with Crippen LogP contribution in [0.15, 0.2) is 0 Å². The second-order valence-corrected chi connectivity index (χ2v) is 7.68. The van der Waals surface area contributed by atoms with E-state index in [0.717, 1.165) is 18.8 Å². The zero-order valence-electron chi connectivity index (χ0n) is 12.7. The van der Waals surface area contributed by atoms with Gasteiger partial charge in [0.1, 0.15) is 0 Å². The van der Waals surface area contributed by atoms with Crippen molar-refractivity contribution in [3.8, 4) is 0 Å². The van der Waals surface area contributed by atoms with Crippen LogP contribution in [0.3, 0.4) is 0 Å². The minimum absolute atomic E-state index is 0.338. The highest BCUT2D eigenvalue weighted by Gasteiger charge is 2.43. The fourth-order valence-corrected chi connectivity index (χ4v) is 4.45. The second-order valence-electron chi connectivity index (χ2n) is 7.68. The van der Waals surface area contributed by atoms with E-state index < -0.39 is 0 Å². The molecular formula is C17H32O. The standard InChI is InChI=1S/C17H32O/c1-4-14-8-5-6-9-15(14)17(18)11-7-10-16(2,3)12-13-17/h14-15,18H,4-13H2,1-3H3. The van der Waals surface area contributed by atoms with Crippen LogP contribution in [0.2, 0.25) is 0 Å². The second kappa shape index (κ2) is 5.53. The summed E-state index contributed by atoms with van der Waals surface area (Å²) in [6.45, 7) is 7.06. The summed E-state index contributed by atoms with van der Waals surface area (Å²) in [5.74, 6) is 1.37. The number of aliphatic hydroxyl groups is 1.